The monoisotopic (exact) mass is 593 g/mol. The Morgan fingerprint density at radius 1 is 0.905 bits per heavy atom. The first kappa shape index (κ1) is 32.7. The second-order valence-corrected chi connectivity index (χ2v) is 12.8. The molecule has 3 aromatic carbocycles. The molecule has 8 nitrogen and oxygen atoms in total. The number of para-hydroxylation sites is 1. The van der Waals surface area contributed by atoms with Gasteiger partial charge in [-0.1, -0.05) is 81.4 Å². The molecule has 0 saturated carbocycles. The van der Waals surface area contributed by atoms with E-state index in [4.69, 9.17) is 4.74 Å². The van der Waals surface area contributed by atoms with Gasteiger partial charge in [0.1, 0.15) is 18.3 Å². The number of ether oxygens (including phenoxy) is 1. The minimum Gasteiger partial charge on any atom is -0.497 e. The van der Waals surface area contributed by atoms with Crippen LogP contribution in [0.15, 0.2) is 78.9 Å². The van der Waals surface area contributed by atoms with Crippen LogP contribution in [0, 0.1) is 0 Å². The van der Waals surface area contributed by atoms with E-state index < -0.39 is 28.5 Å². The van der Waals surface area contributed by atoms with E-state index in [0.29, 0.717) is 11.4 Å². The van der Waals surface area contributed by atoms with Crippen LogP contribution in [0.2, 0.25) is 0 Å². The average Bonchev–Trinajstić information content (AvgIpc) is 2.97. The molecule has 1 N–H and O–H groups in total. The maximum Gasteiger partial charge on any atom is 0.244 e. The maximum absolute atomic E-state index is 14.3. The average molecular weight is 594 g/mol. The van der Waals surface area contributed by atoms with Crippen LogP contribution in [0.3, 0.4) is 0 Å². The van der Waals surface area contributed by atoms with Crippen molar-refractivity contribution in [1.29, 1.82) is 0 Å². The second kappa shape index (κ2) is 14.9. The summed E-state index contributed by atoms with van der Waals surface area (Å²) in [4.78, 5) is 29.6. The van der Waals surface area contributed by atoms with Crippen molar-refractivity contribution in [2.75, 3.05) is 24.2 Å². The Morgan fingerprint density at radius 2 is 1.55 bits per heavy atom. The lowest BCUT2D eigenvalue weighted by molar-refractivity contribution is -0.140. The molecule has 0 radical (unpaired) electrons. The third kappa shape index (κ3) is 8.82. The molecule has 3 aromatic rings. The van der Waals surface area contributed by atoms with E-state index in [-0.39, 0.29) is 30.8 Å². The van der Waals surface area contributed by atoms with E-state index in [2.05, 4.69) is 5.32 Å². The predicted octanol–water partition coefficient (Wildman–Crippen LogP) is 5.14. The van der Waals surface area contributed by atoms with E-state index in [1.807, 2.05) is 88.4 Å². The first-order valence-electron chi connectivity index (χ1n) is 14.3. The van der Waals surface area contributed by atoms with Crippen LogP contribution in [-0.2, 0) is 32.6 Å². The van der Waals surface area contributed by atoms with Crippen molar-refractivity contribution in [1.82, 2.24) is 10.2 Å². The summed E-state index contributed by atoms with van der Waals surface area (Å²) in [6.07, 6.45) is 2.09. The minimum absolute atomic E-state index is 0.0283. The lowest BCUT2D eigenvalue weighted by Crippen LogP contribution is -2.54. The van der Waals surface area contributed by atoms with Crippen molar-refractivity contribution in [2.24, 2.45) is 0 Å². The molecule has 0 fully saturated rings. The molecule has 0 heterocycles. The van der Waals surface area contributed by atoms with Crippen LogP contribution in [-0.4, -0.2) is 57.1 Å². The Morgan fingerprint density at radius 3 is 2.17 bits per heavy atom. The Bertz CT molecular complexity index is 1440. The standard InChI is InChI=1S/C33H43N3O5S/c1-7-25(4)34-33(38)31(21-26-14-9-8-10-15-26)35(22-27-16-13-17-28(20-27)41-5)32(37)23-36(42(6,39)40)30-19-12-11-18-29(30)24(2)3/h8-20,24-25,31H,7,21-23H2,1-6H3,(H,34,38)/t25-,31-/m0/s1. The number of nitrogens with zero attached hydrogens (tertiary/aromatic N) is 2. The van der Waals surface area contributed by atoms with Crippen molar-refractivity contribution in [3.05, 3.63) is 95.6 Å². The fourth-order valence-electron chi connectivity index (χ4n) is 4.76. The van der Waals surface area contributed by atoms with Crippen molar-refractivity contribution < 1.29 is 22.7 Å². The fraction of sp³-hybridized carbons (Fsp3) is 0.394. The number of nitrogens with one attached hydrogen (secondary N) is 1. The van der Waals surface area contributed by atoms with Gasteiger partial charge >= 0.3 is 0 Å². The SMILES string of the molecule is CC[C@H](C)NC(=O)[C@H](Cc1ccccc1)N(Cc1cccc(OC)c1)C(=O)CN(c1ccccc1C(C)C)S(C)(=O)=O. The normalized spacial score (nSPS) is 12.8. The lowest BCUT2D eigenvalue weighted by Gasteiger charge is -2.34. The third-order valence-electron chi connectivity index (χ3n) is 7.27. The number of rotatable bonds is 14. The van der Waals surface area contributed by atoms with Gasteiger partial charge in [-0.2, -0.15) is 0 Å². The highest BCUT2D eigenvalue weighted by atomic mass is 32.2. The van der Waals surface area contributed by atoms with Gasteiger partial charge in [-0.25, -0.2) is 8.42 Å². The van der Waals surface area contributed by atoms with Gasteiger partial charge in [0, 0.05) is 19.0 Å². The zero-order valence-corrected chi connectivity index (χ0v) is 26.2. The zero-order chi connectivity index (χ0) is 30.9. The molecule has 9 heteroatoms. The van der Waals surface area contributed by atoms with Gasteiger partial charge in [-0.3, -0.25) is 13.9 Å². The number of benzene rings is 3. The van der Waals surface area contributed by atoms with Crippen LogP contribution in [0.1, 0.15) is 56.7 Å². The quantitative estimate of drug-likeness (QED) is 0.279. The first-order valence-corrected chi connectivity index (χ1v) is 16.1. The topological polar surface area (TPSA) is 96.0 Å². The third-order valence-corrected chi connectivity index (χ3v) is 8.39. The lowest BCUT2D eigenvalue weighted by atomic mass is 10.0. The molecule has 0 aromatic heterocycles. The molecule has 0 aliphatic rings. The predicted molar refractivity (Wildman–Crippen MR) is 168 cm³/mol. The van der Waals surface area contributed by atoms with Gasteiger partial charge in [-0.15, -0.1) is 0 Å². The first-order chi connectivity index (χ1) is 19.9. The largest absolute Gasteiger partial charge is 0.497 e. The van der Waals surface area contributed by atoms with E-state index in [1.165, 1.54) is 4.90 Å². The van der Waals surface area contributed by atoms with Crippen molar-refractivity contribution in [2.45, 2.75) is 65.1 Å². The highest BCUT2D eigenvalue weighted by Crippen LogP contribution is 2.29. The number of hydrogen-bond acceptors (Lipinski definition) is 5. The molecule has 2 amide bonds. The highest BCUT2D eigenvalue weighted by molar-refractivity contribution is 7.92. The smallest absolute Gasteiger partial charge is 0.244 e. The number of sulfonamides is 1. The number of methoxy groups -OCH3 is 1. The number of hydrogen-bond donors (Lipinski definition) is 1. The van der Waals surface area contributed by atoms with Crippen LogP contribution in [0.5, 0.6) is 5.75 Å². The molecular weight excluding hydrogens is 550 g/mol. The van der Waals surface area contributed by atoms with Crippen LogP contribution < -0.4 is 14.4 Å². The van der Waals surface area contributed by atoms with Crippen LogP contribution in [0.25, 0.3) is 0 Å². The number of carbonyl (C=O) groups is 2. The molecule has 0 aliphatic carbocycles. The van der Waals surface area contributed by atoms with Gasteiger partial charge in [0.05, 0.1) is 19.1 Å². The number of carbonyl (C=O) groups excluding carboxylic acids is 2. The Balaban J connectivity index is 2.11. The Labute approximate surface area is 250 Å². The van der Waals surface area contributed by atoms with E-state index >= 15 is 0 Å². The van der Waals surface area contributed by atoms with Gasteiger partial charge in [-0.05, 0) is 54.2 Å². The molecular formula is C33H43N3O5S. The summed E-state index contributed by atoms with van der Waals surface area (Å²) in [5.41, 5.74) is 2.90. The summed E-state index contributed by atoms with van der Waals surface area (Å²) in [5.74, 6) is -0.132. The molecule has 0 aliphatic heterocycles. The van der Waals surface area contributed by atoms with Crippen molar-refractivity contribution >= 4 is 27.5 Å². The van der Waals surface area contributed by atoms with E-state index in [9.17, 15) is 18.0 Å². The van der Waals surface area contributed by atoms with Crippen LogP contribution in [0.4, 0.5) is 5.69 Å². The Kier molecular flexibility index (Phi) is 11.6. The van der Waals surface area contributed by atoms with Gasteiger partial charge in [0.2, 0.25) is 21.8 Å². The molecule has 42 heavy (non-hydrogen) atoms. The molecule has 0 spiro atoms. The summed E-state index contributed by atoms with van der Waals surface area (Å²) >= 11 is 0. The molecule has 0 saturated heterocycles. The minimum atomic E-state index is -3.85. The van der Waals surface area contributed by atoms with Crippen LogP contribution >= 0.6 is 0 Å². The maximum atomic E-state index is 14.3. The summed E-state index contributed by atoms with van der Waals surface area (Å²) < 4.78 is 32.8. The summed E-state index contributed by atoms with van der Waals surface area (Å²) in [6, 6.07) is 23.0. The van der Waals surface area contributed by atoms with Crippen molar-refractivity contribution in [3.8, 4) is 5.75 Å². The molecule has 3 rings (SSSR count). The fourth-order valence-corrected chi connectivity index (χ4v) is 5.63. The van der Waals surface area contributed by atoms with E-state index in [1.54, 1.807) is 25.3 Å². The van der Waals surface area contributed by atoms with Gasteiger partial charge in [0.25, 0.3) is 0 Å². The number of anilines is 1. The van der Waals surface area contributed by atoms with Crippen molar-refractivity contribution in [3.63, 3.8) is 0 Å². The summed E-state index contributed by atoms with van der Waals surface area (Å²) in [6.45, 7) is 7.49. The van der Waals surface area contributed by atoms with E-state index in [0.717, 1.165) is 33.7 Å². The zero-order valence-electron chi connectivity index (χ0n) is 25.4. The Hall–Kier alpha value is -3.85. The molecule has 0 unspecified atom stereocenters. The number of amides is 2. The second-order valence-electron chi connectivity index (χ2n) is 10.9. The van der Waals surface area contributed by atoms with Gasteiger partial charge in [0.15, 0.2) is 0 Å². The summed E-state index contributed by atoms with van der Waals surface area (Å²) in [5, 5.41) is 3.04. The molecule has 2 atom stereocenters. The van der Waals surface area contributed by atoms with Gasteiger partial charge < -0.3 is 15.0 Å². The molecule has 226 valence electrons. The highest BCUT2D eigenvalue weighted by Gasteiger charge is 2.34. The summed E-state index contributed by atoms with van der Waals surface area (Å²) in [7, 11) is -2.28. The molecule has 0 bridgehead atoms.